The lowest BCUT2D eigenvalue weighted by Gasteiger charge is -2.11. The standard InChI is InChI=1S/C10H13N3O/c1-2-13-10(7-11-12-13)8-4-3-5-9(14)6-8/h6-7H,2-5H2,1H3. The maximum Gasteiger partial charge on any atom is 0.156 e. The molecule has 1 aromatic rings. The molecule has 0 atom stereocenters. The van der Waals surface area contributed by atoms with Gasteiger partial charge in [0.05, 0.1) is 11.9 Å². The highest BCUT2D eigenvalue weighted by atomic mass is 16.1. The second-order valence-electron chi connectivity index (χ2n) is 3.42. The van der Waals surface area contributed by atoms with Gasteiger partial charge in [-0.05, 0) is 31.4 Å². The molecule has 0 aliphatic heterocycles. The molecule has 1 aliphatic rings. The van der Waals surface area contributed by atoms with Gasteiger partial charge in [-0.1, -0.05) is 5.21 Å². The van der Waals surface area contributed by atoms with Crippen LogP contribution in [0, 0.1) is 0 Å². The van der Waals surface area contributed by atoms with Crippen molar-refractivity contribution < 1.29 is 4.79 Å². The zero-order valence-corrected chi connectivity index (χ0v) is 8.23. The van der Waals surface area contributed by atoms with Crippen molar-refractivity contribution in [1.29, 1.82) is 0 Å². The van der Waals surface area contributed by atoms with Gasteiger partial charge in [0.25, 0.3) is 0 Å². The SMILES string of the molecule is CCn1nncc1C1=CC(=O)CCC1. The monoisotopic (exact) mass is 191 g/mol. The van der Waals surface area contributed by atoms with Crippen LogP contribution in [0.4, 0.5) is 0 Å². The number of aryl methyl sites for hydroxylation is 1. The Morgan fingerprint density at radius 1 is 1.50 bits per heavy atom. The molecule has 0 unspecified atom stereocenters. The maximum atomic E-state index is 11.2. The molecule has 0 saturated heterocycles. The van der Waals surface area contributed by atoms with E-state index < -0.39 is 0 Å². The maximum absolute atomic E-state index is 11.2. The summed E-state index contributed by atoms with van der Waals surface area (Å²) in [6, 6.07) is 0. The summed E-state index contributed by atoms with van der Waals surface area (Å²) in [6.07, 6.45) is 6.04. The first-order valence-electron chi connectivity index (χ1n) is 4.93. The van der Waals surface area contributed by atoms with Gasteiger partial charge in [0, 0.05) is 13.0 Å². The van der Waals surface area contributed by atoms with Crippen LogP contribution in [0.5, 0.6) is 0 Å². The van der Waals surface area contributed by atoms with Crippen LogP contribution in [-0.2, 0) is 11.3 Å². The predicted molar refractivity (Wildman–Crippen MR) is 52.5 cm³/mol. The molecular weight excluding hydrogens is 178 g/mol. The zero-order valence-electron chi connectivity index (χ0n) is 8.23. The van der Waals surface area contributed by atoms with Gasteiger partial charge in [0.15, 0.2) is 5.78 Å². The summed E-state index contributed by atoms with van der Waals surface area (Å²) in [7, 11) is 0. The van der Waals surface area contributed by atoms with E-state index in [1.54, 1.807) is 12.3 Å². The Balaban J connectivity index is 2.34. The number of aromatic nitrogens is 3. The summed E-state index contributed by atoms with van der Waals surface area (Å²) in [5.74, 6) is 0.218. The van der Waals surface area contributed by atoms with E-state index in [-0.39, 0.29) is 5.78 Å². The fraction of sp³-hybridized carbons (Fsp3) is 0.500. The van der Waals surface area contributed by atoms with Gasteiger partial charge < -0.3 is 0 Å². The van der Waals surface area contributed by atoms with E-state index in [0.717, 1.165) is 30.7 Å². The molecule has 1 aromatic heterocycles. The lowest BCUT2D eigenvalue weighted by Crippen LogP contribution is -2.07. The first-order chi connectivity index (χ1) is 6.81. The summed E-state index contributed by atoms with van der Waals surface area (Å²) in [6.45, 7) is 2.81. The smallest absolute Gasteiger partial charge is 0.156 e. The van der Waals surface area contributed by atoms with Crippen molar-refractivity contribution in [2.24, 2.45) is 0 Å². The van der Waals surface area contributed by atoms with Crippen LogP contribution in [0.25, 0.3) is 5.57 Å². The molecule has 0 N–H and O–H groups in total. The minimum atomic E-state index is 0.218. The van der Waals surface area contributed by atoms with Gasteiger partial charge in [-0.25, -0.2) is 4.68 Å². The van der Waals surface area contributed by atoms with Crippen LogP contribution in [-0.4, -0.2) is 20.8 Å². The Bertz CT molecular complexity index is 378. The molecule has 1 heterocycles. The molecule has 0 amide bonds. The molecule has 14 heavy (non-hydrogen) atoms. The van der Waals surface area contributed by atoms with E-state index in [0.29, 0.717) is 6.42 Å². The first-order valence-corrected chi connectivity index (χ1v) is 4.93. The Labute approximate surface area is 82.6 Å². The third-order valence-corrected chi connectivity index (χ3v) is 2.45. The average molecular weight is 191 g/mol. The van der Waals surface area contributed by atoms with E-state index in [2.05, 4.69) is 10.3 Å². The molecule has 1 aliphatic carbocycles. The van der Waals surface area contributed by atoms with Crippen molar-refractivity contribution in [3.63, 3.8) is 0 Å². The van der Waals surface area contributed by atoms with Crippen molar-refractivity contribution in [1.82, 2.24) is 15.0 Å². The van der Waals surface area contributed by atoms with Crippen molar-refractivity contribution in [2.45, 2.75) is 32.7 Å². The van der Waals surface area contributed by atoms with Crippen LogP contribution in [0.2, 0.25) is 0 Å². The van der Waals surface area contributed by atoms with E-state index in [9.17, 15) is 4.79 Å². The van der Waals surface area contributed by atoms with Crippen LogP contribution >= 0.6 is 0 Å². The second kappa shape index (κ2) is 3.74. The van der Waals surface area contributed by atoms with E-state index in [1.165, 1.54) is 0 Å². The molecule has 0 aromatic carbocycles. The van der Waals surface area contributed by atoms with Gasteiger partial charge in [0.2, 0.25) is 0 Å². The Kier molecular flexibility index (Phi) is 2.43. The van der Waals surface area contributed by atoms with Gasteiger partial charge in [0.1, 0.15) is 0 Å². The highest BCUT2D eigenvalue weighted by Crippen LogP contribution is 2.24. The first kappa shape index (κ1) is 9.12. The number of allylic oxidation sites excluding steroid dienone is 2. The molecule has 0 saturated carbocycles. The Hall–Kier alpha value is -1.45. The summed E-state index contributed by atoms with van der Waals surface area (Å²) >= 11 is 0. The van der Waals surface area contributed by atoms with Crippen molar-refractivity contribution in [3.05, 3.63) is 18.0 Å². The molecule has 4 heteroatoms. The third kappa shape index (κ3) is 1.60. The second-order valence-corrected chi connectivity index (χ2v) is 3.42. The number of hydrogen-bond acceptors (Lipinski definition) is 3. The molecule has 4 nitrogen and oxygen atoms in total. The van der Waals surface area contributed by atoms with E-state index in [1.807, 2.05) is 11.6 Å². The fourth-order valence-electron chi connectivity index (χ4n) is 1.73. The van der Waals surface area contributed by atoms with Gasteiger partial charge in [-0.2, -0.15) is 0 Å². The van der Waals surface area contributed by atoms with Crippen molar-refractivity contribution >= 4 is 11.4 Å². The van der Waals surface area contributed by atoms with E-state index >= 15 is 0 Å². The molecule has 74 valence electrons. The molecule has 2 rings (SSSR count). The normalized spacial score (nSPS) is 16.9. The number of ketones is 1. The highest BCUT2D eigenvalue weighted by Gasteiger charge is 2.14. The summed E-state index contributed by atoms with van der Waals surface area (Å²) < 4.78 is 1.82. The highest BCUT2D eigenvalue weighted by molar-refractivity contribution is 5.97. The summed E-state index contributed by atoms with van der Waals surface area (Å²) in [5, 5.41) is 7.80. The van der Waals surface area contributed by atoms with Gasteiger partial charge >= 0.3 is 0 Å². The molecule has 0 bridgehead atoms. The minimum absolute atomic E-state index is 0.218. The van der Waals surface area contributed by atoms with Gasteiger partial charge in [-0.3, -0.25) is 4.79 Å². The third-order valence-electron chi connectivity index (χ3n) is 2.45. The number of rotatable bonds is 2. The largest absolute Gasteiger partial charge is 0.295 e. The summed E-state index contributed by atoms with van der Waals surface area (Å²) in [4.78, 5) is 11.2. The predicted octanol–water partition coefficient (Wildman–Crippen LogP) is 1.43. The van der Waals surface area contributed by atoms with Crippen molar-refractivity contribution in [2.75, 3.05) is 0 Å². The van der Waals surface area contributed by atoms with Crippen molar-refractivity contribution in [3.8, 4) is 0 Å². The number of hydrogen-bond donors (Lipinski definition) is 0. The lowest BCUT2D eigenvalue weighted by molar-refractivity contribution is -0.114. The summed E-state index contributed by atoms with van der Waals surface area (Å²) in [5.41, 5.74) is 2.06. The average Bonchev–Trinajstić information content (AvgIpc) is 2.65. The fourth-order valence-corrected chi connectivity index (χ4v) is 1.73. The number of carbonyl (C=O) groups is 1. The topological polar surface area (TPSA) is 47.8 Å². The zero-order chi connectivity index (χ0) is 9.97. The Morgan fingerprint density at radius 3 is 3.07 bits per heavy atom. The van der Waals surface area contributed by atoms with Gasteiger partial charge in [-0.15, -0.1) is 5.10 Å². The minimum Gasteiger partial charge on any atom is -0.295 e. The quantitative estimate of drug-likeness (QED) is 0.710. The van der Waals surface area contributed by atoms with E-state index in [4.69, 9.17) is 0 Å². The van der Waals surface area contributed by atoms with Crippen LogP contribution in [0.3, 0.4) is 0 Å². The Morgan fingerprint density at radius 2 is 2.36 bits per heavy atom. The molecule has 0 fully saturated rings. The molecule has 0 spiro atoms. The molecule has 0 radical (unpaired) electrons. The number of nitrogens with zero attached hydrogens (tertiary/aromatic N) is 3. The van der Waals surface area contributed by atoms with Crippen LogP contribution in [0.1, 0.15) is 31.9 Å². The number of carbonyl (C=O) groups excluding carboxylic acids is 1. The van der Waals surface area contributed by atoms with Crippen LogP contribution < -0.4 is 0 Å². The van der Waals surface area contributed by atoms with Crippen LogP contribution in [0.15, 0.2) is 12.3 Å². The lowest BCUT2D eigenvalue weighted by atomic mass is 9.96. The molecular formula is C10H13N3O.